The summed E-state index contributed by atoms with van der Waals surface area (Å²) < 4.78 is 0. The molecule has 1 heterocycles. The number of hydrogen-bond acceptors (Lipinski definition) is 2. The third-order valence-electron chi connectivity index (χ3n) is 5.54. The zero-order valence-electron chi connectivity index (χ0n) is 15.9. The summed E-state index contributed by atoms with van der Waals surface area (Å²) in [5.41, 5.74) is 5.89. The van der Waals surface area contributed by atoms with Gasteiger partial charge in [0, 0.05) is 18.5 Å². The predicted octanol–water partition coefficient (Wildman–Crippen LogP) is 5.43. The maximum Gasteiger partial charge on any atom is 0.144 e. The van der Waals surface area contributed by atoms with E-state index in [0.717, 1.165) is 5.56 Å². The molecule has 4 rings (SSSR count). The first-order valence-electron chi connectivity index (χ1n) is 9.58. The van der Waals surface area contributed by atoms with E-state index in [2.05, 4.69) is 79.8 Å². The number of carbonyl (C=O) groups excluding carboxylic acids is 1. The lowest BCUT2D eigenvalue weighted by Crippen LogP contribution is -2.41. The van der Waals surface area contributed by atoms with Gasteiger partial charge in [-0.25, -0.2) is 0 Å². The van der Waals surface area contributed by atoms with E-state index in [-0.39, 0.29) is 18.0 Å². The summed E-state index contributed by atoms with van der Waals surface area (Å²) in [6, 6.07) is 27.2. The van der Waals surface area contributed by atoms with Gasteiger partial charge in [-0.2, -0.15) is 0 Å². The number of aryl methyl sites for hydroxylation is 2. The molecule has 0 unspecified atom stereocenters. The van der Waals surface area contributed by atoms with Crippen LogP contribution in [0.4, 0.5) is 0 Å². The van der Waals surface area contributed by atoms with Gasteiger partial charge >= 0.3 is 0 Å². The summed E-state index contributed by atoms with van der Waals surface area (Å²) in [4.78, 5) is 13.3. The highest BCUT2D eigenvalue weighted by Crippen LogP contribution is 2.40. The first-order valence-corrected chi connectivity index (χ1v) is 9.58. The van der Waals surface area contributed by atoms with Gasteiger partial charge in [0.2, 0.25) is 0 Å². The van der Waals surface area contributed by atoms with Crippen molar-refractivity contribution in [3.05, 3.63) is 107 Å². The highest BCUT2D eigenvalue weighted by molar-refractivity contribution is 5.88. The van der Waals surface area contributed by atoms with Crippen molar-refractivity contribution in [3.63, 3.8) is 0 Å². The summed E-state index contributed by atoms with van der Waals surface area (Å²) >= 11 is 0. The zero-order valence-corrected chi connectivity index (χ0v) is 15.9. The smallest absolute Gasteiger partial charge is 0.144 e. The Balaban J connectivity index is 1.73. The van der Waals surface area contributed by atoms with Gasteiger partial charge in [0.15, 0.2) is 0 Å². The molecule has 2 heteroatoms. The second-order valence-corrected chi connectivity index (χ2v) is 7.58. The van der Waals surface area contributed by atoms with E-state index in [1.165, 1.54) is 22.3 Å². The van der Waals surface area contributed by atoms with E-state index < -0.39 is 0 Å². The van der Waals surface area contributed by atoms with E-state index in [1.54, 1.807) is 0 Å². The van der Waals surface area contributed by atoms with Gasteiger partial charge in [0.05, 0.1) is 5.92 Å². The Kier molecular flexibility index (Phi) is 4.91. The normalized spacial score (nSPS) is 22.6. The largest absolute Gasteiger partial charge is 0.302 e. The molecule has 1 N–H and O–H groups in total. The van der Waals surface area contributed by atoms with Crippen LogP contribution in [-0.4, -0.2) is 5.78 Å². The van der Waals surface area contributed by atoms with E-state index >= 15 is 0 Å². The minimum Gasteiger partial charge on any atom is -0.302 e. The standard InChI is InChI=1S/C25H25NO/c1-17-8-12-19(13-9-17)22-16-23(27)24(20-6-4-3-5-7-20)25(26-22)21-14-10-18(2)11-15-21/h3-15,22,24-26H,16H2,1-2H3/t22-,24+,25-/m0/s1. The molecule has 0 radical (unpaired) electrons. The fourth-order valence-electron chi connectivity index (χ4n) is 4.00. The lowest BCUT2D eigenvalue weighted by atomic mass is 9.77. The molecule has 3 aromatic rings. The summed E-state index contributed by atoms with van der Waals surface area (Å²) in [6.07, 6.45) is 0.519. The highest BCUT2D eigenvalue weighted by Gasteiger charge is 2.38. The second kappa shape index (κ2) is 7.50. The van der Waals surface area contributed by atoms with Crippen LogP contribution in [0.3, 0.4) is 0 Å². The average Bonchev–Trinajstić information content (AvgIpc) is 2.69. The molecule has 3 aromatic carbocycles. The second-order valence-electron chi connectivity index (χ2n) is 7.58. The number of rotatable bonds is 3. The van der Waals surface area contributed by atoms with E-state index in [4.69, 9.17) is 0 Å². The molecular formula is C25H25NO. The molecule has 0 saturated carbocycles. The van der Waals surface area contributed by atoms with Gasteiger partial charge in [-0.3, -0.25) is 4.79 Å². The summed E-state index contributed by atoms with van der Waals surface area (Å²) in [5, 5.41) is 3.78. The molecule has 1 aliphatic heterocycles. The maximum atomic E-state index is 13.3. The SMILES string of the molecule is Cc1ccc([C@@H]2CC(=O)[C@@H](c3ccccc3)[C@H](c3ccc(C)cc3)N2)cc1. The van der Waals surface area contributed by atoms with Crippen molar-refractivity contribution in [1.29, 1.82) is 0 Å². The molecule has 0 bridgehead atoms. The number of ketones is 1. The summed E-state index contributed by atoms with van der Waals surface area (Å²) in [5.74, 6) is 0.145. The van der Waals surface area contributed by atoms with Crippen molar-refractivity contribution in [3.8, 4) is 0 Å². The van der Waals surface area contributed by atoms with Crippen molar-refractivity contribution in [2.75, 3.05) is 0 Å². The predicted molar refractivity (Wildman–Crippen MR) is 110 cm³/mol. The lowest BCUT2D eigenvalue weighted by molar-refractivity contribution is -0.123. The summed E-state index contributed by atoms with van der Waals surface area (Å²) in [7, 11) is 0. The van der Waals surface area contributed by atoms with Crippen LogP contribution in [0.15, 0.2) is 78.9 Å². The number of hydrogen-bond donors (Lipinski definition) is 1. The fraction of sp³-hybridized carbons (Fsp3) is 0.240. The van der Waals surface area contributed by atoms with E-state index in [0.29, 0.717) is 12.2 Å². The van der Waals surface area contributed by atoms with Crippen LogP contribution < -0.4 is 5.32 Å². The van der Waals surface area contributed by atoms with Crippen molar-refractivity contribution >= 4 is 5.78 Å². The number of nitrogens with one attached hydrogen (secondary N) is 1. The Hall–Kier alpha value is -2.71. The molecular weight excluding hydrogens is 330 g/mol. The van der Waals surface area contributed by atoms with Gasteiger partial charge in [0.25, 0.3) is 0 Å². The number of piperidine rings is 1. The number of carbonyl (C=O) groups is 1. The monoisotopic (exact) mass is 355 g/mol. The van der Waals surface area contributed by atoms with Crippen LogP contribution in [0.5, 0.6) is 0 Å². The Labute approximate surface area is 161 Å². The molecule has 1 fully saturated rings. The number of benzene rings is 3. The van der Waals surface area contributed by atoms with Crippen molar-refractivity contribution in [1.82, 2.24) is 5.32 Å². The third-order valence-corrected chi connectivity index (χ3v) is 5.54. The zero-order chi connectivity index (χ0) is 18.8. The minimum atomic E-state index is -0.157. The lowest BCUT2D eigenvalue weighted by Gasteiger charge is -2.37. The van der Waals surface area contributed by atoms with Crippen molar-refractivity contribution in [2.45, 2.75) is 38.3 Å². The molecule has 2 nitrogen and oxygen atoms in total. The maximum absolute atomic E-state index is 13.3. The van der Waals surface area contributed by atoms with Crippen LogP contribution >= 0.6 is 0 Å². The van der Waals surface area contributed by atoms with Gasteiger partial charge in [-0.15, -0.1) is 0 Å². The summed E-state index contributed by atoms with van der Waals surface area (Å²) in [6.45, 7) is 4.18. The molecule has 27 heavy (non-hydrogen) atoms. The van der Waals surface area contributed by atoms with Gasteiger partial charge in [0.1, 0.15) is 5.78 Å². The first-order chi connectivity index (χ1) is 13.1. The molecule has 3 atom stereocenters. The molecule has 0 aliphatic carbocycles. The van der Waals surface area contributed by atoms with E-state index in [1.807, 2.05) is 18.2 Å². The Morgan fingerprint density at radius 3 is 1.85 bits per heavy atom. The van der Waals surface area contributed by atoms with Crippen LogP contribution in [0, 0.1) is 13.8 Å². The van der Waals surface area contributed by atoms with Gasteiger partial charge in [-0.1, -0.05) is 90.0 Å². The van der Waals surface area contributed by atoms with Crippen LogP contribution in [-0.2, 0) is 4.79 Å². The molecule has 1 saturated heterocycles. The van der Waals surface area contributed by atoms with Gasteiger partial charge in [-0.05, 0) is 30.5 Å². The third kappa shape index (κ3) is 3.72. The minimum absolute atomic E-state index is 0.0273. The Morgan fingerprint density at radius 2 is 1.26 bits per heavy atom. The molecule has 0 spiro atoms. The number of Topliss-reactive ketones (excluding diaryl/α,β-unsaturated/α-hetero) is 1. The van der Waals surface area contributed by atoms with Crippen LogP contribution in [0.1, 0.15) is 52.2 Å². The molecule has 136 valence electrons. The fourth-order valence-corrected chi connectivity index (χ4v) is 4.00. The first kappa shape index (κ1) is 17.7. The molecule has 0 aromatic heterocycles. The molecule has 0 amide bonds. The van der Waals surface area contributed by atoms with Crippen molar-refractivity contribution < 1.29 is 4.79 Å². The quantitative estimate of drug-likeness (QED) is 0.678. The Bertz CT molecular complexity index is 913. The topological polar surface area (TPSA) is 29.1 Å². The van der Waals surface area contributed by atoms with Gasteiger partial charge < -0.3 is 5.32 Å². The molecule has 1 aliphatic rings. The van der Waals surface area contributed by atoms with Crippen molar-refractivity contribution in [2.24, 2.45) is 0 Å². The highest BCUT2D eigenvalue weighted by atomic mass is 16.1. The Morgan fingerprint density at radius 1 is 0.704 bits per heavy atom. The van der Waals surface area contributed by atoms with E-state index in [9.17, 15) is 4.79 Å². The average molecular weight is 355 g/mol. The van der Waals surface area contributed by atoms with Crippen LogP contribution in [0.2, 0.25) is 0 Å². The van der Waals surface area contributed by atoms with Crippen LogP contribution in [0.25, 0.3) is 0 Å².